The fourth-order valence-corrected chi connectivity index (χ4v) is 3.39. The third-order valence-corrected chi connectivity index (χ3v) is 3.96. The van der Waals surface area contributed by atoms with Gasteiger partial charge in [0.25, 0.3) is 0 Å². The summed E-state index contributed by atoms with van der Waals surface area (Å²) < 4.78 is 5.94. The molecule has 2 unspecified atom stereocenters. The fourth-order valence-electron chi connectivity index (χ4n) is 3.39. The highest BCUT2D eigenvalue weighted by Crippen LogP contribution is 2.40. The smallest absolute Gasteiger partial charge is 0.341 e. The Morgan fingerprint density at radius 2 is 2.15 bits per heavy atom. The molecule has 20 heavy (non-hydrogen) atoms. The van der Waals surface area contributed by atoms with Crippen LogP contribution in [0.3, 0.4) is 0 Å². The zero-order valence-corrected chi connectivity index (χ0v) is 12.6. The van der Waals surface area contributed by atoms with Crippen molar-refractivity contribution in [2.24, 2.45) is 11.3 Å². The molecular formula is C16H23NO3. The molecule has 2 rings (SSSR count). The lowest BCUT2D eigenvalue weighted by molar-refractivity contribution is 0.0503. The van der Waals surface area contributed by atoms with Crippen LogP contribution in [0.15, 0.2) is 12.3 Å². The maximum atomic E-state index is 11.4. The minimum absolute atomic E-state index is 0.0427. The molecule has 4 heteroatoms. The number of carboxylic acid groups (broad SMARTS) is 1. The lowest BCUT2D eigenvalue weighted by Gasteiger charge is -2.38. The third-order valence-electron chi connectivity index (χ3n) is 3.96. The van der Waals surface area contributed by atoms with E-state index in [1.54, 1.807) is 19.2 Å². The van der Waals surface area contributed by atoms with Crippen LogP contribution in [0.4, 0.5) is 0 Å². The van der Waals surface area contributed by atoms with Crippen LogP contribution in [-0.2, 0) is 0 Å². The third kappa shape index (κ3) is 3.30. The van der Waals surface area contributed by atoms with Crippen molar-refractivity contribution in [2.75, 3.05) is 0 Å². The summed E-state index contributed by atoms with van der Waals surface area (Å²) >= 11 is 0. The predicted octanol–water partition coefficient (Wildman–Crippen LogP) is 3.68. The maximum absolute atomic E-state index is 11.4. The molecule has 0 aliphatic heterocycles. The van der Waals surface area contributed by atoms with Gasteiger partial charge in [0.05, 0.1) is 0 Å². The molecule has 4 nitrogen and oxygen atoms in total. The average molecular weight is 277 g/mol. The number of ether oxygens (including phenoxy) is 1. The van der Waals surface area contributed by atoms with E-state index in [0.717, 1.165) is 12.8 Å². The Labute approximate surface area is 120 Å². The van der Waals surface area contributed by atoms with Crippen molar-refractivity contribution >= 4 is 5.97 Å². The average Bonchev–Trinajstić information content (AvgIpc) is 2.25. The van der Waals surface area contributed by atoms with Gasteiger partial charge < -0.3 is 9.84 Å². The minimum Gasteiger partial charge on any atom is -0.477 e. The molecule has 0 radical (unpaired) electrons. The Balaban J connectivity index is 2.22. The molecule has 1 N–H and O–H groups in total. The molecule has 1 saturated carbocycles. The van der Waals surface area contributed by atoms with Crippen molar-refractivity contribution in [3.8, 4) is 5.88 Å². The second-order valence-electron chi connectivity index (χ2n) is 6.77. The van der Waals surface area contributed by atoms with Gasteiger partial charge in [0, 0.05) is 6.20 Å². The number of aromatic nitrogens is 1. The van der Waals surface area contributed by atoms with Gasteiger partial charge in [-0.25, -0.2) is 9.78 Å². The second kappa shape index (κ2) is 5.43. The van der Waals surface area contributed by atoms with Gasteiger partial charge >= 0.3 is 5.97 Å². The first-order chi connectivity index (χ1) is 9.28. The van der Waals surface area contributed by atoms with Crippen LogP contribution in [-0.4, -0.2) is 22.2 Å². The van der Waals surface area contributed by atoms with Crippen molar-refractivity contribution in [3.05, 3.63) is 23.4 Å². The lowest BCUT2D eigenvalue weighted by Crippen LogP contribution is -2.34. The second-order valence-corrected chi connectivity index (χ2v) is 6.77. The number of hydrogen-bond donors (Lipinski definition) is 1. The first kappa shape index (κ1) is 14.8. The lowest BCUT2D eigenvalue weighted by atomic mass is 9.71. The van der Waals surface area contributed by atoms with Crippen LogP contribution in [0, 0.1) is 18.3 Å². The van der Waals surface area contributed by atoms with Crippen LogP contribution in [0.5, 0.6) is 5.88 Å². The summed E-state index contributed by atoms with van der Waals surface area (Å²) in [6, 6.07) is 1.70. The van der Waals surface area contributed by atoms with Gasteiger partial charge in [-0.1, -0.05) is 20.8 Å². The molecule has 1 aliphatic carbocycles. The largest absolute Gasteiger partial charge is 0.477 e. The molecule has 110 valence electrons. The van der Waals surface area contributed by atoms with E-state index in [1.165, 1.54) is 6.42 Å². The molecule has 0 amide bonds. The normalized spacial score (nSPS) is 25.2. The summed E-state index contributed by atoms with van der Waals surface area (Å²) in [5, 5.41) is 9.31. The highest BCUT2D eigenvalue weighted by atomic mass is 16.5. The molecule has 1 fully saturated rings. The van der Waals surface area contributed by atoms with E-state index in [2.05, 4.69) is 25.8 Å². The van der Waals surface area contributed by atoms with Crippen LogP contribution in [0.1, 0.15) is 56.0 Å². The summed E-state index contributed by atoms with van der Waals surface area (Å²) in [5.41, 5.74) is 1.10. The van der Waals surface area contributed by atoms with E-state index < -0.39 is 5.97 Å². The number of hydrogen-bond acceptors (Lipinski definition) is 3. The van der Waals surface area contributed by atoms with Crippen molar-refractivity contribution < 1.29 is 14.6 Å². The van der Waals surface area contributed by atoms with Gasteiger partial charge in [-0.15, -0.1) is 0 Å². The van der Waals surface area contributed by atoms with Gasteiger partial charge in [0.2, 0.25) is 5.88 Å². The number of carboxylic acids is 1. The molecule has 1 heterocycles. The summed E-state index contributed by atoms with van der Waals surface area (Å²) in [7, 11) is 0. The maximum Gasteiger partial charge on any atom is 0.341 e. The first-order valence-electron chi connectivity index (χ1n) is 7.14. The molecule has 1 aromatic rings. The number of pyridine rings is 1. The number of carbonyl (C=O) groups is 1. The molecule has 0 aromatic carbocycles. The van der Waals surface area contributed by atoms with Gasteiger partial charge in [0.1, 0.15) is 11.7 Å². The summed E-state index contributed by atoms with van der Waals surface area (Å²) in [6.07, 6.45) is 4.72. The number of nitrogens with zero attached hydrogens (tertiary/aromatic N) is 1. The predicted molar refractivity (Wildman–Crippen MR) is 77.1 cm³/mol. The molecule has 0 bridgehead atoms. The van der Waals surface area contributed by atoms with Gasteiger partial charge in [-0.05, 0) is 49.1 Å². The quantitative estimate of drug-likeness (QED) is 0.915. The van der Waals surface area contributed by atoms with E-state index in [4.69, 9.17) is 4.74 Å². The van der Waals surface area contributed by atoms with Crippen molar-refractivity contribution in [1.82, 2.24) is 4.98 Å². The standard InChI is InChI=1S/C16H23NO3/c1-10-7-12(9-16(3,4)8-10)20-14-13(15(18)19)11(2)5-6-17-14/h5-6,10,12H,7-9H2,1-4H3,(H,18,19). The Morgan fingerprint density at radius 3 is 2.75 bits per heavy atom. The SMILES string of the molecule is Cc1ccnc(OC2CC(C)CC(C)(C)C2)c1C(=O)O. The number of aryl methyl sites for hydroxylation is 1. The molecular weight excluding hydrogens is 254 g/mol. The van der Waals surface area contributed by atoms with E-state index in [0.29, 0.717) is 11.5 Å². The monoisotopic (exact) mass is 277 g/mol. The Kier molecular flexibility index (Phi) is 4.02. The van der Waals surface area contributed by atoms with Crippen LogP contribution in [0.2, 0.25) is 0 Å². The zero-order valence-electron chi connectivity index (χ0n) is 12.6. The zero-order chi connectivity index (χ0) is 14.9. The summed E-state index contributed by atoms with van der Waals surface area (Å²) in [4.78, 5) is 15.5. The van der Waals surface area contributed by atoms with Crippen molar-refractivity contribution in [2.45, 2.75) is 53.1 Å². The van der Waals surface area contributed by atoms with E-state index in [-0.39, 0.29) is 23.0 Å². The van der Waals surface area contributed by atoms with Gasteiger partial charge in [-0.2, -0.15) is 0 Å². The summed E-state index contributed by atoms with van der Waals surface area (Å²) in [5.74, 6) is -0.136. The molecule has 1 aromatic heterocycles. The van der Waals surface area contributed by atoms with Crippen LogP contribution < -0.4 is 4.74 Å². The van der Waals surface area contributed by atoms with Crippen LogP contribution in [0.25, 0.3) is 0 Å². The highest BCUT2D eigenvalue weighted by molar-refractivity contribution is 5.91. The number of rotatable bonds is 3. The molecule has 1 aliphatic rings. The fraction of sp³-hybridized carbons (Fsp3) is 0.625. The first-order valence-corrected chi connectivity index (χ1v) is 7.14. The molecule has 0 spiro atoms. The Morgan fingerprint density at radius 1 is 1.45 bits per heavy atom. The summed E-state index contributed by atoms with van der Waals surface area (Å²) in [6.45, 7) is 8.46. The Hall–Kier alpha value is -1.58. The molecule has 0 saturated heterocycles. The van der Waals surface area contributed by atoms with Gasteiger partial charge in [0.15, 0.2) is 0 Å². The minimum atomic E-state index is -0.978. The van der Waals surface area contributed by atoms with Crippen molar-refractivity contribution in [1.29, 1.82) is 0 Å². The molecule has 2 atom stereocenters. The van der Waals surface area contributed by atoms with Gasteiger partial charge in [-0.3, -0.25) is 0 Å². The van der Waals surface area contributed by atoms with E-state index in [9.17, 15) is 9.90 Å². The van der Waals surface area contributed by atoms with E-state index in [1.807, 2.05) is 0 Å². The van der Waals surface area contributed by atoms with Crippen molar-refractivity contribution in [3.63, 3.8) is 0 Å². The topological polar surface area (TPSA) is 59.4 Å². The van der Waals surface area contributed by atoms with E-state index >= 15 is 0 Å². The Bertz CT molecular complexity index is 510. The highest BCUT2D eigenvalue weighted by Gasteiger charge is 2.34. The van der Waals surface area contributed by atoms with Crippen LogP contribution >= 0.6 is 0 Å². The number of aromatic carboxylic acids is 1.